The molecule has 1 unspecified atom stereocenters. The lowest BCUT2D eigenvalue weighted by molar-refractivity contribution is -0.137. The lowest BCUT2D eigenvalue weighted by atomic mass is 10.1. The van der Waals surface area contributed by atoms with Crippen LogP contribution in [0.4, 0.5) is 18.9 Å². The summed E-state index contributed by atoms with van der Waals surface area (Å²) < 4.78 is 51.5. The van der Waals surface area contributed by atoms with Crippen molar-refractivity contribution in [1.29, 1.82) is 0 Å². The molecule has 1 aromatic carbocycles. The predicted molar refractivity (Wildman–Crippen MR) is 84.4 cm³/mol. The van der Waals surface area contributed by atoms with Crippen molar-refractivity contribution in [2.24, 2.45) is 5.16 Å². The number of hydrogen-bond donors (Lipinski definition) is 2. The summed E-state index contributed by atoms with van der Waals surface area (Å²) in [6, 6.07) is 1.47. The second-order valence-electron chi connectivity index (χ2n) is 4.80. The Hall–Kier alpha value is -2.07. The molecule has 2 rings (SSSR count). The average Bonchev–Trinajstić information content (AvgIpc) is 2.74. The first-order chi connectivity index (χ1) is 11.1. The molecule has 130 valence electrons. The normalized spacial score (nSPS) is 13.6. The first kappa shape index (κ1) is 18.3. The standard InChI is InChI=1S/C13H12ClF3N4O2S/c1-6-12(24(2)23)10(5-19-22)20-21(6)11-8(14)3-7(4-9(11)18)13(15,16)17/h3-5,22H,18H2,1-2H3/b19-5+. The fourth-order valence-corrected chi connectivity index (χ4v) is 3.43. The third-order valence-electron chi connectivity index (χ3n) is 3.19. The van der Waals surface area contributed by atoms with Crippen molar-refractivity contribution in [2.75, 3.05) is 12.0 Å². The van der Waals surface area contributed by atoms with Crippen LogP contribution in [0, 0.1) is 6.92 Å². The maximum Gasteiger partial charge on any atom is 0.416 e. The Kier molecular flexibility index (Phi) is 4.90. The maximum atomic E-state index is 12.8. The summed E-state index contributed by atoms with van der Waals surface area (Å²) in [6.07, 6.45) is -2.24. The van der Waals surface area contributed by atoms with E-state index in [2.05, 4.69) is 10.3 Å². The monoisotopic (exact) mass is 380 g/mol. The molecule has 0 radical (unpaired) electrons. The number of nitrogens with zero attached hydrogens (tertiary/aromatic N) is 3. The largest absolute Gasteiger partial charge is 0.416 e. The number of aromatic nitrogens is 2. The minimum Gasteiger partial charge on any atom is -0.411 e. The number of hydrogen-bond acceptors (Lipinski definition) is 5. The van der Waals surface area contributed by atoms with Gasteiger partial charge in [-0.2, -0.15) is 18.3 Å². The molecular weight excluding hydrogens is 369 g/mol. The number of anilines is 1. The molecule has 0 fully saturated rings. The van der Waals surface area contributed by atoms with Crippen molar-refractivity contribution < 1.29 is 22.6 Å². The highest BCUT2D eigenvalue weighted by Crippen LogP contribution is 2.37. The van der Waals surface area contributed by atoms with E-state index in [1.807, 2.05) is 0 Å². The Bertz CT molecular complexity index is 825. The molecule has 1 heterocycles. The van der Waals surface area contributed by atoms with E-state index in [0.717, 1.165) is 18.3 Å². The van der Waals surface area contributed by atoms with E-state index >= 15 is 0 Å². The first-order valence-electron chi connectivity index (χ1n) is 6.35. The Morgan fingerprint density at radius 1 is 1.46 bits per heavy atom. The van der Waals surface area contributed by atoms with Crippen LogP contribution in [0.1, 0.15) is 17.0 Å². The zero-order valence-electron chi connectivity index (χ0n) is 12.4. The predicted octanol–water partition coefficient (Wildman–Crippen LogP) is 2.98. The van der Waals surface area contributed by atoms with E-state index in [9.17, 15) is 17.4 Å². The highest BCUT2D eigenvalue weighted by molar-refractivity contribution is 7.84. The van der Waals surface area contributed by atoms with Gasteiger partial charge < -0.3 is 10.9 Å². The third-order valence-corrected chi connectivity index (χ3v) is 4.55. The molecule has 24 heavy (non-hydrogen) atoms. The summed E-state index contributed by atoms with van der Waals surface area (Å²) in [4.78, 5) is 0.253. The van der Waals surface area contributed by atoms with E-state index in [-0.39, 0.29) is 27.0 Å². The van der Waals surface area contributed by atoms with Gasteiger partial charge in [0, 0.05) is 6.26 Å². The van der Waals surface area contributed by atoms with Crippen LogP contribution in [0.15, 0.2) is 22.2 Å². The van der Waals surface area contributed by atoms with E-state index in [0.29, 0.717) is 5.69 Å². The van der Waals surface area contributed by atoms with Gasteiger partial charge in [-0.25, -0.2) is 4.68 Å². The average molecular weight is 381 g/mol. The molecule has 0 amide bonds. The number of nitrogen functional groups attached to an aromatic ring is 1. The number of oxime groups is 1. The van der Waals surface area contributed by atoms with Crippen molar-refractivity contribution in [1.82, 2.24) is 9.78 Å². The SMILES string of the molecule is Cc1c(S(C)=O)c(/C=N/O)nn1-c1c(N)cc(C(F)(F)F)cc1Cl. The highest BCUT2D eigenvalue weighted by atomic mass is 35.5. The molecule has 3 N–H and O–H groups in total. The van der Waals surface area contributed by atoms with E-state index in [1.54, 1.807) is 6.92 Å². The van der Waals surface area contributed by atoms with Gasteiger partial charge in [-0.15, -0.1) is 0 Å². The van der Waals surface area contributed by atoms with Crippen LogP contribution >= 0.6 is 11.6 Å². The molecule has 11 heteroatoms. The molecule has 0 aliphatic carbocycles. The van der Waals surface area contributed by atoms with Crippen molar-refractivity contribution in [3.63, 3.8) is 0 Å². The van der Waals surface area contributed by atoms with Gasteiger partial charge in [0.25, 0.3) is 0 Å². The van der Waals surface area contributed by atoms with Gasteiger partial charge in [-0.05, 0) is 19.1 Å². The van der Waals surface area contributed by atoms with Gasteiger partial charge in [0.1, 0.15) is 11.4 Å². The molecule has 0 bridgehead atoms. The summed E-state index contributed by atoms with van der Waals surface area (Å²) in [5.74, 6) is 0. The molecule has 0 spiro atoms. The second-order valence-corrected chi connectivity index (χ2v) is 6.53. The maximum absolute atomic E-state index is 12.8. The number of benzene rings is 1. The second kappa shape index (κ2) is 6.44. The van der Waals surface area contributed by atoms with E-state index in [1.165, 1.54) is 10.9 Å². The molecule has 0 aliphatic heterocycles. The van der Waals surface area contributed by atoms with Crippen molar-refractivity contribution in [3.8, 4) is 5.69 Å². The lowest BCUT2D eigenvalue weighted by Gasteiger charge is -2.14. The number of rotatable bonds is 3. The smallest absolute Gasteiger partial charge is 0.411 e. The van der Waals surface area contributed by atoms with Gasteiger partial charge in [0.2, 0.25) is 0 Å². The van der Waals surface area contributed by atoms with Crippen LogP contribution in [-0.4, -0.2) is 31.7 Å². The number of halogens is 4. The van der Waals surface area contributed by atoms with Crippen LogP contribution in [0.2, 0.25) is 5.02 Å². The van der Waals surface area contributed by atoms with Crippen molar-refractivity contribution >= 4 is 34.3 Å². The van der Waals surface area contributed by atoms with E-state index in [4.69, 9.17) is 22.5 Å². The van der Waals surface area contributed by atoms with Crippen LogP contribution < -0.4 is 5.73 Å². The summed E-state index contributed by atoms with van der Waals surface area (Å²) >= 11 is 5.97. The Labute approximate surface area is 142 Å². The third kappa shape index (κ3) is 3.24. The summed E-state index contributed by atoms with van der Waals surface area (Å²) in [6.45, 7) is 1.55. The zero-order chi connectivity index (χ0) is 18.2. The Morgan fingerprint density at radius 3 is 2.54 bits per heavy atom. The van der Waals surface area contributed by atoms with Crippen molar-refractivity contribution in [3.05, 3.63) is 34.1 Å². The quantitative estimate of drug-likeness (QED) is 0.370. The fraction of sp³-hybridized carbons (Fsp3) is 0.231. The number of nitrogens with two attached hydrogens (primary N) is 1. The summed E-state index contributed by atoms with van der Waals surface area (Å²) in [5.41, 5.74) is 4.94. The Balaban J connectivity index is 2.74. The van der Waals surface area contributed by atoms with Crippen LogP contribution in [0.3, 0.4) is 0 Å². The molecule has 1 aromatic heterocycles. The van der Waals surface area contributed by atoms with Crippen LogP contribution in [0.5, 0.6) is 0 Å². The minimum absolute atomic E-state index is 0.0199. The molecule has 0 saturated carbocycles. The summed E-state index contributed by atoms with van der Waals surface area (Å²) in [5, 5.41) is 15.3. The minimum atomic E-state index is -4.60. The summed E-state index contributed by atoms with van der Waals surface area (Å²) in [7, 11) is -1.49. The van der Waals surface area contributed by atoms with Crippen LogP contribution in [0.25, 0.3) is 5.69 Å². The van der Waals surface area contributed by atoms with Gasteiger partial charge in [-0.3, -0.25) is 4.21 Å². The topological polar surface area (TPSA) is 93.5 Å². The molecular formula is C13H12ClF3N4O2S. The number of alkyl halides is 3. The molecule has 2 aromatic rings. The fourth-order valence-electron chi connectivity index (χ4n) is 2.23. The van der Waals surface area contributed by atoms with Crippen molar-refractivity contribution in [2.45, 2.75) is 18.0 Å². The highest BCUT2D eigenvalue weighted by Gasteiger charge is 2.32. The molecule has 6 nitrogen and oxygen atoms in total. The van der Waals surface area contributed by atoms with Gasteiger partial charge in [0.05, 0.1) is 43.9 Å². The first-order valence-corrected chi connectivity index (χ1v) is 8.28. The van der Waals surface area contributed by atoms with Gasteiger partial charge in [-0.1, -0.05) is 16.8 Å². The molecule has 0 aliphatic rings. The molecule has 1 atom stereocenters. The van der Waals surface area contributed by atoms with E-state index < -0.39 is 22.5 Å². The lowest BCUT2D eigenvalue weighted by Crippen LogP contribution is -2.10. The van der Waals surface area contributed by atoms with Crippen LogP contribution in [-0.2, 0) is 17.0 Å². The van der Waals surface area contributed by atoms with Gasteiger partial charge in [0.15, 0.2) is 0 Å². The molecule has 0 saturated heterocycles. The Morgan fingerprint density at radius 2 is 2.08 bits per heavy atom. The zero-order valence-corrected chi connectivity index (χ0v) is 14.0. The van der Waals surface area contributed by atoms with Gasteiger partial charge >= 0.3 is 6.18 Å².